The molecule has 6 rings (SSSR count). The Kier molecular flexibility index (Phi) is 7.95. The number of para-hydroxylation sites is 1. The predicted molar refractivity (Wildman–Crippen MR) is 172 cm³/mol. The van der Waals surface area contributed by atoms with Crippen LogP contribution in [0.4, 0.5) is 5.69 Å². The maximum Gasteiger partial charge on any atom is 0.315 e. The Morgan fingerprint density at radius 1 is 1.05 bits per heavy atom. The molecule has 10 nitrogen and oxygen atoms in total. The number of benzene rings is 4. The van der Waals surface area contributed by atoms with Gasteiger partial charge in [0.25, 0.3) is 5.56 Å². The van der Waals surface area contributed by atoms with Crippen molar-refractivity contribution in [3.8, 4) is 23.1 Å². The number of halogens is 1. The molecule has 0 bridgehead atoms. The molecule has 0 saturated heterocycles. The first kappa shape index (κ1) is 28.8. The Labute approximate surface area is 259 Å². The fourth-order valence-corrected chi connectivity index (χ4v) is 5.08. The monoisotopic (exact) mass is 652 g/mol. The second kappa shape index (κ2) is 12.1. The summed E-state index contributed by atoms with van der Waals surface area (Å²) in [5.41, 5.74) is 2.63. The fraction of sp³-hybridized carbons (Fsp3) is 0.121. The van der Waals surface area contributed by atoms with Gasteiger partial charge in [0.1, 0.15) is 12.2 Å². The third-order valence-corrected chi connectivity index (χ3v) is 7.33. The Bertz CT molecular complexity index is 2120. The average Bonchev–Trinajstić information content (AvgIpc) is 3.44. The number of fused-ring (bicyclic) bond motifs is 2. The van der Waals surface area contributed by atoms with Crippen LogP contribution in [0.25, 0.3) is 33.5 Å². The van der Waals surface area contributed by atoms with Crippen molar-refractivity contribution in [2.75, 3.05) is 6.61 Å². The van der Waals surface area contributed by atoms with E-state index in [-0.39, 0.29) is 36.2 Å². The topological polar surface area (TPSA) is 122 Å². The van der Waals surface area contributed by atoms with E-state index in [4.69, 9.17) is 18.9 Å². The molecule has 0 radical (unpaired) electrons. The first-order chi connectivity index (χ1) is 21.3. The van der Waals surface area contributed by atoms with Crippen LogP contribution in [0.5, 0.6) is 11.5 Å². The van der Waals surface area contributed by atoms with Gasteiger partial charge in [0.05, 0.1) is 28.6 Å². The van der Waals surface area contributed by atoms with E-state index >= 15 is 0 Å². The number of aryl methyl sites for hydroxylation is 1. The van der Waals surface area contributed by atoms with E-state index in [1.807, 2.05) is 49.4 Å². The second-order valence-corrected chi connectivity index (χ2v) is 10.9. The second-order valence-electron chi connectivity index (χ2n) is 9.94. The molecule has 220 valence electrons. The lowest BCUT2D eigenvalue weighted by Gasteiger charge is -2.13. The molecule has 6 aromatic rings. The van der Waals surface area contributed by atoms with Gasteiger partial charge in [-0.15, -0.1) is 0 Å². The van der Waals surface area contributed by atoms with Gasteiger partial charge >= 0.3 is 5.69 Å². The highest BCUT2D eigenvalue weighted by Gasteiger charge is 2.23. The number of rotatable bonds is 9. The van der Waals surface area contributed by atoms with Crippen molar-refractivity contribution in [2.45, 2.75) is 20.5 Å². The fourth-order valence-electron chi connectivity index (χ4n) is 4.71. The third-order valence-electron chi connectivity index (χ3n) is 6.83. The van der Waals surface area contributed by atoms with E-state index in [1.165, 1.54) is 12.3 Å². The Balaban J connectivity index is 1.44. The molecule has 11 heteroatoms. The molecule has 4 aromatic carbocycles. The molecule has 0 fully saturated rings. The molecule has 0 saturated carbocycles. The van der Waals surface area contributed by atoms with Crippen LogP contribution in [0.15, 0.2) is 104 Å². The van der Waals surface area contributed by atoms with Crippen LogP contribution in [-0.4, -0.2) is 27.4 Å². The van der Waals surface area contributed by atoms with E-state index < -0.39 is 10.5 Å². The largest absolute Gasteiger partial charge is 0.490 e. The summed E-state index contributed by atoms with van der Waals surface area (Å²) in [6.07, 6.45) is 1.35. The minimum Gasteiger partial charge on any atom is -0.490 e. The number of nitro groups is 1. The zero-order chi connectivity index (χ0) is 30.8. The SMILES string of the molecule is CCOc1cc(C=Nn2c(-c3cc4cc(Br)ccc4o3)nc3ccccc3c2=O)cc([N+](=O)[O-])c1OCc1ccc(C)cc1. The molecule has 0 amide bonds. The standard InChI is InChI=1S/C33H25BrN4O6/c1-3-42-29-15-22(14-27(38(40)41)31(29)43-19-21-10-8-20(2)9-11-21)18-35-37-32(36-26-7-5-4-6-25(26)33(37)39)30-17-23-16-24(34)12-13-28(23)44-30/h4-18H,3,19H2,1-2H3. The quantitative estimate of drug-likeness (QED) is 0.0893. The molecule has 0 aliphatic heterocycles. The number of furan rings is 1. The van der Waals surface area contributed by atoms with E-state index in [0.717, 1.165) is 25.7 Å². The highest BCUT2D eigenvalue weighted by atomic mass is 79.9. The van der Waals surface area contributed by atoms with Crippen molar-refractivity contribution in [3.63, 3.8) is 0 Å². The molecule has 2 heterocycles. The summed E-state index contributed by atoms with van der Waals surface area (Å²) in [5.74, 6) is 0.698. The van der Waals surface area contributed by atoms with Gasteiger partial charge in [-0.1, -0.05) is 57.9 Å². The van der Waals surface area contributed by atoms with Crippen molar-refractivity contribution in [1.82, 2.24) is 9.66 Å². The van der Waals surface area contributed by atoms with Gasteiger partial charge in [-0.2, -0.15) is 9.78 Å². The third kappa shape index (κ3) is 5.82. The lowest BCUT2D eigenvalue weighted by Crippen LogP contribution is -2.20. The van der Waals surface area contributed by atoms with Crippen LogP contribution in [0.2, 0.25) is 0 Å². The summed E-state index contributed by atoms with van der Waals surface area (Å²) in [5, 5.41) is 17.8. The molecule has 0 unspecified atom stereocenters. The Morgan fingerprint density at radius 3 is 2.61 bits per heavy atom. The first-order valence-corrected chi connectivity index (χ1v) is 14.5. The molecular weight excluding hydrogens is 628 g/mol. The zero-order valence-electron chi connectivity index (χ0n) is 23.7. The molecule has 0 aliphatic rings. The predicted octanol–water partition coefficient (Wildman–Crippen LogP) is 7.65. The first-order valence-electron chi connectivity index (χ1n) is 13.7. The van der Waals surface area contributed by atoms with Gasteiger partial charge in [0.2, 0.25) is 11.6 Å². The van der Waals surface area contributed by atoms with Gasteiger partial charge in [-0.05, 0) is 61.9 Å². The van der Waals surface area contributed by atoms with Crippen LogP contribution in [0.1, 0.15) is 23.6 Å². The summed E-state index contributed by atoms with van der Waals surface area (Å²) >= 11 is 3.47. The number of nitro benzene ring substituents is 1. The smallest absolute Gasteiger partial charge is 0.315 e. The number of ether oxygens (including phenoxy) is 2. The number of nitrogens with zero attached hydrogens (tertiary/aromatic N) is 4. The van der Waals surface area contributed by atoms with Crippen LogP contribution in [-0.2, 0) is 6.61 Å². The summed E-state index contributed by atoms with van der Waals surface area (Å²) in [7, 11) is 0. The normalized spacial score (nSPS) is 11.4. The summed E-state index contributed by atoms with van der Waals surface area (Å²) in [6.45, 7) is 4.11. The van der Waals surface area contributed by atoms with Gasteiger partial charge < -0.3 is 13.9 Å². The van der Waals surface area contributed by atoms with Gasteiger partial charge in [0.15, 0.2) is 11.5 Å². The molecule has 0 atom stereocenters. The molecule has 44 heavy (non-hydrogen) atoms. The Morgan fingerprint density at radius 2 is 1.84 bits per heavy atom. The molecule has 0 N–H and O–H groups in total. The summed E-state index contributed by atoms with van der Waals surface area (Å²) < 4.78 is 19.7. The van der Waals surface area contributed by atoms with Crippen molar-refractivity contribution < 1.29 is 18.8 Å². The van der Waals surface area contributed by atoms with Crippen molar-refractivity contribution in [3.05, 3.63) is 127 Å². The molecular formula is C33H25BrN4O6. The number of aromatic nitrogens is 2. The van der Waals surface area contributed by atoms with Gasteiger partial charge in [-0.3, -0.25) is 14.9 Å². The molecule has 0 aliphatic carbocycles. The minimum absolute atomic E-state index is 0.00763. The van der Waals surface area contributed by atoms with E-state index in [1.54, 1.807) is 43.3 Å². The van der Waals surface area contributed by atoms with Crippen molar-refractivity contribution in [2.24, 2.45) is 5.10 Å². The highest BCUT2D eigenvalue weighted by molar-refractivity contribution is 9.10. The van der Waals surface area contributed by atoms with Crippen molar-refractivity contribution >= 4 is 49.7 Å². The summed E-state index contributed by atoms with van der Waals surface area (Å²) in [6, 6.07) is 24.9. The average molecular weight is 653 g/mol. The van der Waals surface area contributed by atoms with E-state index in [0.29, 0.717) is 27.8 Å². The highest BCUT2D eigenvalue weighted by Crippen LogP contribution is 2.39. The van der Waals surface area contributed by atoms with Crippen LogP contribution < -0.4 is 15.0 Å². The number of hydrogen-bond donors (Lipinski definition) is 0. The van der Waals surface area contributed by atoms with Crippen LogP contribution >= 0.6 is 15.9 Å². The van der Waals surface area contributed by atoms with E-state index in [2.05, 4.69) is 21.0 Å². The lowest BCUT2D eigenvalue weighted by atomic mass is 10.1. The van der Waals surface area contributed by atoms with Gasteiger partial charge in [0, 0.05) is 21.5 Å². The minimum atomic E-state index is -0.536. The zero-order valence-corrected chi connectivity index (χ0v) is 25.3. The van der Waals surface area contributed by atoms with E-state index in [9.17, 15) is 14.9 Å². The van der Waals surface area contributed by atoms with Crippen molar-refractivity contribution in [1.29, 1.82) is 0 Å². The maximum absolute atomic E-state index is 13.7. The molecule has 2 aromatic heterocycles. The van der Waals surface area contributed by atoms with Crippen LogP contribution in [0, 0.1) is 17.0 Å². The summed E-state index contributed by atoms with van der Waals surface area (Å²) in [4.78, 5) is 30.0. The number of hydrogen-bond acceptors (Lipinski definition) is 8. The lowest BCUT2D eigenvalue weighted by molar-refractivity contribution is -0.386. The maximum atomic E-state index is 13.7. The Hall–Kier alpha value is -5.29. The van der Waals surface area contributed by atoms with Crippen LogP contribution in [0.3, 0.4) is 0 Å². The molecule has 0 spiro atoms. The van der Waals surface area contributed by atoms with Gasteiger partial charge in [-0.25, -0.2) is 4.98 Å².